The number of hydrogen-bond acceptors (Lipinski definition) is 5. The summed E-state index contributed by atoms with van der Waals surface area (Å²) in [6.45, 7) is 1.99. The van der Waals surface area contributed by atoms with Crippen LogP contribution in [0.5, 0.6) is 0 Å². The average molecular weight is 348 g/mol. The van der Waals surface area contributed by atoms with Crippen molar-refractivity contribution < 1.29 is 13.9 Å². The Kier molecular flexibility index (Phi) is 4.59. The molecule has 0 radical (unpaired) electrons. The summed E-state index contributed by atoms with van der Waals surface area (Å²) in [5, 5.41) is 11.1. The lowest BCUT2D eigenvalue weighted by molar-refractivity contribution is 0.0937. The molecule has 1 N–H and O–H groups in total. The maximum absolute atomic E-state index is 14.2. The summed E-state index contributed by atoms with van der Waals surface area (Å²) >= 11 is 1.25. The third-order valence-corrected chi connectivity index (χ3v) is 4.94. The van der Waals surface area contributed by atoms with Crippen LogP contribution in [0.25, 0.3) is 10.1 Å². The van der Waals surface area contributed by atoms with Crippen LogP contribution >= 0.6 is 11.3 Å². The number of ether oxygens (including phenoxy) is 1. The number of hydrogen-bond donors (Lipinski definition) is 1. The van der Waals surface area contributed by atoms with E-state index in [0.29, 0.717) is 21.7 Å². The number of aryl methyl sites for hydroxylation is 1. The molecule has 2 heterocycles. The van der Waals surface area contributed by atoms with Gasteiger partial charge in [0.15, 0.2) is 5.82 Å². The van der Waals surface area contributed by atoms with Crippen molar-refractivity contribution in [2.24, 2.45) is 7.05 Å². The predicted molar refractivity (Wildman–Crippen MR) is 89.4 cm³/mol. The summed E-state index contributed by atoms with van der Waals surface area (Å²) < 4.78 is 21.8. The summed E-state index contributed by atoms with van der Waals surface area (Å²) in [7, 11) is 3.33. The molecule has 1 amide bonds. The average Bonchev–Trinajstić information content (AvgIpc) is 3.12. The molecule has 0 aliphatic heterocycles. The van der Waals surface area contributed by atoms with Crippen LogP contribution in [0, 0.1) is 5.82 Å². The van der Waals surface area contributed by atoms with Crippen LogP contribution < -0.4 is 5.32 Å². The molecule has 0 bridgehead atoms. The Bertz CT molecular complexity index is 889. The molecule has 1 atom stereocenters. The van der Waals surface area contributed by atoms with Gasteiger partial charge in [0, 0.05) is 29.8 Å². The highest BCUT2D eigenvalue weighted by Gasteiger charge is 2.23. The Morgan fingerprint density at radius 1 is 1.50 bits per heavy atom. The third-order valence-electron chi connectivity index (χ3n) is 3.74. The number of fused-ring (bicyclic) bond motifs is 1. The standard InChI is InChI=1S/C16H17FN4O2S/c1-9(15-20-18-8-21(15)2)19-16(22)14-10(7-23-3)13-11(17)5-4-6-12(13)24-14/h4-6,8-9H,7H2,1-3H3,(H,19,22)/t9-/m1/s1. The van der Waals surface area contributed by atoms with Gasteiger partial charge in [0.1, 0.15) is 12.1 Å². The number of nitrogens with one attached hydrogen (secondary N) is 1. The van der Waals surface area contributed by atoms with Crippen molar-refractivity contribution in [2.45, 2.75) is 19.6 Å². The molecular formula is C16H17FN4O2S. The number of amides is 1. The minimum Gasteiger partial charge on any atom is -0.380 e. The number of nitrogens with zero attached hydrogens (tertiary/aromatic N) is 3. The van der Waals surface area contributed by atoms with Gasteiger partial charge < -0.3 is 14.6 Å². The van der Waals surface area contributed by atoms with E-state index in [2.05, 4.69) is 15.5 Å². The third kappa shape index (κ3) is 2.90. The molecule has 0 saturated carbocycles. The van der Waals surface area contributed by atoms with Gasteiger partial charge in [0.05, 0.1) is 17.5 Å². The van der Waals surface area contributed by atoms with Crippen LogP contribution in [0.4, 0.5) is 4.39 Å². The Morgan fingerprint density at radius 3 is 2.96 bits per heavy atom. The van der Waals surface area contributed by atoms with E-state index < -0.39 is 0 Å². The monoisotopic (exact) mass is 348 g/mol. The summed E-state index contributed by atoms with van der Waals surface area (Å²) in [6, 6.07) is 4.49. The first-order valence-electron chi connectivity index (χ1n) is 7.36. The van der Waals surface area contributed by atoms with E-state index in [1.807, 2.05) is 14.0 Å². The van der Waals surface area contributed by atoms with Crippen LogP contribution in [0.2, 0.25) is 0 Å². The number of aromatic nitrogens is 3. The van der Waals surface area contributed by atoms with Crippen molar-refractivity contribution in [3.05, 3.63) is 46.6 Å². The van der Waals surface area contributed by atoms with Crippen molar-refractivity contribution in [1.82, 2.24) is 20.1 Å². The van der Waals surface area contributed by atoms with Gasteiger partial charge in [-0.3, -0.25) is 4.79 Å². The quantitative estimate of drug-likeness (QED) is 0.770. The topological polar surface area (TPSA) is 69.0 Å². The zero-order valence-corrected chi connectivity index (χ0v) is 14.4. The smallest absolute Gasteiger partial charge is 0.262 e. The van der Waals surface area contributed by atoms with Gasteiger partial charge in [0.25, 0.3) is 5.91 Å². The minimum atomic E-state index is -0.351. The van der Waals surface area contributed by atoms with Crippen LogP contribution in [-0.2, 0) is 18.4 Å². The highest BCUT2D eigenvalue weighted by Crippen LogP contribution is 2.34. The number of halogens is 1. The van der Waals surface area contributed by atoms with Gasteiger partial charge in [-0.15, -0.1) is 21.5 Å². The fourth-order valence-corrected chi connectivity index (χ4v) is 3.77. The van der Waals surface area contributed by atoms with Gasteiger partial charge in [-0.25, -0.2) is 4.39 Å². The molecule has 24 heavy (non-hydrogen) atoms. The maximum Gasteiger partial charge on any atom is 0.262 e. The van der Waals surface area contributed by atoms with E-state index in [1.165, 1.54) is 24.5 Å². The molecule has 0 fully saturated rings. The second kappa shape index (κ2) is 6.66. The Balaban J connectivity index is 1.96. The lowest BCUT2D eigenvalue weighted by Crippen LogP contribution is -2.28. The molecule has 2 aromatic heterocycles. The van der Waals surface area contributed by atoms with Gasteiger partial charge in [-0.2, -0.15) is 0 Å². The molecule has 1 aromatic carbocycles. The Labute approximate surface area is 142 Å². The van der Waals surface area contributed by atoms with E-state index in [9.17, 15) is 9.18 Å². The van der Waals surface area contributed by atoms with Crippen LogP contribution in [0.15, 0.2) is 24.5 Å². The highest BCUT2D eigenvalue weighted by molar-refractivity contribution is 7.21. The Morgan fingerprint density at radius 2 is 2.29 bits per heavy atom. The molecule has 0 spiro atoms. The lowest BCUT2D eigenvalue weighted by atomic mass is 10.1. The van der Waals surface area contributed by atoms with E-state index in [0.717, 1.165) is 4.70 Å². The summed E-state index contributed by atoms with van der Waals surface area (Å²) in [5.41, 5.74) is 0.568. The van der Waals surface area contributed by atoms with Gasteiger partial charge in [0.2, 0.25) is 0 Å². The number of carbonyl (C=O) groups is 1. The van der Waals surface area contributed by atoms with Crippen molar-refractivity contribution in [2.75, 3.05) is 7.11 Å². The first kappa shape index (κ1) is 16.5. The normalized spacial score (nSPS) is 12.5. The predicted octanol–water partition coefficient (Wildman–Crippen LogP) is 2.81. The first-order valence-corrected chi connectivity index (χ1v) is 8.18. The second-order valence-corrected chi connectivity index (χ2v) is 6.50. The molecule has 8 heteroatoms. The summed E-state index contributed by atoms with van der Waals surface area (Å²) in [4.78, 5) is 13.2. The summed E-state index contributed by atoms with van der Waals surface area (Å²) in [5.74, 6) is 0.0123. The van der Waals surface area contributed by atoms with Crippen molar-refractivity contribution in [1.29, 1.82) is 0 Å². The van der Waals surface area contributed by atoms with Crippen molar-refractivity contribution in [3.8, 4) is 0 Å². The number of thiophene rings is 1. The Hall–Kier alpha value is -2.32. The molecule has 126 valence electrons. The van der Waals surface area contributed by atoms with Crippen molar-refractivity contribution in [3.63, 3.8) is 0 Å². The number of rotatable bonds is 5. The largest absolute Gasteiger partial charge is 0.380 e. The second-order valence-electron chi connectivity index (χ2n) is 5.45. The molecule has 6 nitrogen and oxygen atoms in total. The summed E-state index contributed by atoms with van der Waals surface area (Å²) in [6.07, 6.45) is 1.57. The van der Waals surface area contributed by atoms with Crippen LogP contribution in [0.3, 0.4) is 0 Å². The fraction of sp³-hybridized carbons (Fsp3) is 0.312. The van der Waals surface area contributed by atoms with E-state index >= 15 is 0 Å². The highest BCUT2D eigenvalue weighted by atomic mass is 32.1. The first-order chi connectivity index (χ1) is 11.5. The van der Waals surface area contributed by atoms with Crippen LogP contribution in [0.1, 0.15) is 34.0 Å². The maximum atomic E-state index is 14.2. The van der Waals surface area contributed by atoms with Gasteiger partial charge in [-0.1, -0.05) is 6.07 Å². The number of methoxy groups -OCH3 is 1. The molecule has 0 aliphatic rings. The molecular weight excluding hydrogens is 331 g/mol. The van der Waals surface area contributed by atoms with Crippen molar-refractivity contribution >= 4 is 27.3 Å². The SMILES string of the molecule is COCc1c(C(=O)N[C@H](C)c2nncn2C)sc2cccc(F)c12. The molecule has 0 unspecified atom stereocenters. The zero-order chi connectivity index (χ0) is 17.3. The van der Waals surface area contributed by atoms with Gasteiger partial charge in [-0.05, 0) is 19.1 Å². The van der Waals surface area contributed by atoms with Gasteiger partial charge >= 0.3 is 0 Å². The molecule has 0 aliphatic carbocycles. The van der Waals surface area contributed by atoms with E-state index in [1.54, 1.807) is 23.0 Å². The van der Waals surface area contributed by atoms with E-state index in [-0.39, 0.29) is 24.4 Å². The fourth-order valence-electron chi connectivity index (χ4n) is 2.64. The number of carbonyl (C=O) groups excluding carboxylic acids is 1. The zero-order valence-electron chi connectivity index (χ0n) is 13.5. The minimum absolute atomic E-state index is 0.169. The molecule has 3 rings (SSSR count). The lowest BCUT2D eigenvalue weighted by Gasteiger charge is -2.13. The number of benzene rings is 1. The van der Waals surface area contributed by atoms with Crippen LogP contribution in [-0.4, -0.2) is 27.8 Å². The molecule has 3 aromatic rings. The van der Waals surface area contributed by atoms with E-state index in [4.69, 9.17) is 4.74 Å². The molecule has 0 saturated heterocycles.